The van der Waals surface area contributed by atoms with E-state index >= 15 is 0 Å². The van der Waals surface area contributed by atoms with E-state index in [0.717, 1.165) is 6.42 Å². The minimum atomic E-state index is -1.57. The van der Waals surface area contributed by atoms with Gasteiger partial charge in [-0.05, 0) is 31.6 Å². The molecule has 0 bridgehead atoms. The molecule has 0 aliphatic rings. The van der Waals surface area contributed by atoms with Crippen LogP contribution in [0.15, 0.2) is 34.4 Å². The molecule has 0 saturated heterocycles. The van der Waals surface area contributed by atoms with Crippen LogP contribution >= 0.6 is 0 Å². The summed E-state index contributed by atoms with van der Waals surface area (Å²) in [6.45, 7) is 3.50. The van der Waals surface area contributed by atoms with Crippen molar-refractivity contribution in [1.82, 2.24) is 0 Å². The topological polar surface area (TPSA) is 186 Å². The standard InChI is InChI=1S/C21H28O10/c1-3-5-6-7-13(18(24)25)15(20(28)29)10-12(4-2)11-16(21(30)31)14(19(26)27)8-9-17(22)23/h6-7,12H,3-5,8-11H2,1-2H3,(H,22,23)(H,24,25)(H,26,27)(H,28,29)(H,30,31)/b7-6+,15-13-,16-14-. The molecule has 0 aromatic heterocycles. The molecule has 31 heavy (non-hydrogen) atoms. The molecule has 10 heteroatoms. The molecule has 0 aliphatic heterocycles. The van der Waals surface area contributed by atoms with Crippen molar-refractivity contribution in [3.8, 4) is 0 Å². The van der Waals surface area contributed by atoms with Crippen LogP contribution in [0.25, 0.3) is 0 Å². The third-order valence-electron chi connectivity index (χ3n) is 4.59. The van der Waals surface area contributed by atoms with Crippen LogP contribution in [0.2, 0.25) is 0 Å². The fourth-order valence-corrected chi connectivity index (χ4v) is 2.88. The maximum atomic E-state index is 11.7. The minimum Gasteiger partial charge on any atom is -0.481 e. The van der Waals surface area contributed by atoms with Gasteiger partial charge in [-0.15, -0.1) is 0 Å². The monoisotopic (exact) mass is 440 g/mol. The Bertz CT molecular complexity index is 801. The number of carbonyl (C=O) groups is 5. The first-order valence-corrected chi connectivity index (χ1v) is 9.72. The average Bonchev–Trinajstić information content (AvgIpc) is 2.66. The highest BCUT2D eigenvalue weighted by atomic mass is 16.4. The zero-order valence-corrected chi connectivity index (χ0v) is 17.5. The first-order valence-electron chi connectivity index (χ1n) is 9.72. The number of carboxylic acids is 5. The summed E-state index contributed by atoms with van der Waals surface area (Å²) in [7, 11) is 0. The highest BCUT2D eigenvalue weighted by molar-refractivity contribution is 6.01. The zero-order chi connectivity index (χ0) is 24.1. The van der Waals surface area contributed by atoms with Crippen molar-refractivity contribution in [3.63, 3.8) is 0 Å². The number of rotatable bonds is 15. The van der Waals surface area contributed by atoms with E-state index in [2.05, 4.69) is 0 Å². The van der Waals surface area contributed by atoms with E-state index in [-0.39, 0.29) is 19.3 Å². The second-order valence-corrected chi connectivity index (χ2v) is 6.84. The predicted molar refractivity (Wildman–Crippen MR) is 109 cm³/mol. The zero-order valence-electron chi connectivity index (χ0n) is 17.5. The SMILES string of the molecule is CCC/C=C/C(C(=O)O)=C(\CC(CC)C/C(C(=O)O)=C(\CCC(=O)O)C(=O)O)C(=O)O. The molecule has 0 spiro atoms. The lowest BCUT2D eigenvalue weighted by atomic mass is 9.86. The van der Waals surface area contributed by atoms with Crippen LogP contribution in [0.4, 0.5) is 0 Å². The molecule has 0 heterocycles. The first kappa shape index (κ1) is 27.6. The molecule has 172 valence electrons. The Morgan fingerprint density at radius 3 is 1.61 bits per heavy atom. The molecule has 0 amide bonds. The lowest BCUT2D eigenvalue weighted by molar-refractivity contribution is -0.138. The van der Waals surface area contributed by atoms with E-state index in [9.17, 15) is 44.4 Å². The molecular weight excluding hydrogens is 412 g/mol. The van der Waals surface area contributed by atoms with Crippen molar-refractivity contribution in [2.75, 3.05) is 0 Å². The molecule has 10 nitrogen and oxygen atoms in total. The fraction of sp³-hybridized carbons (Fsp3) is 0.476. The molecule has 0 radical (unpaired) electrons. The van der Waals surface area contributed by atoms with Gasteiger partial charge in [-0.25, -0.2) is 19.2 Å². The van der Waals surface area contributed by atoms with Crippen LogP contribution in [0, 0.1) is 5.92 Å². The maximum Gasteiger partial charge on any atom is 0.336 e. The number of carboxylic acid groups (broad SMARTS) is 5. The molecule has 0 saturated carbocycles. The molecular formula is C21H28O10. The smallest absolute Gasteiger partial charge is 0.336 e. The minimum absolute atomic E-state index is 0.241. The van der Waals surface area contributed by atoms with Crippen molar-refractivity contribution in [2.24, 2.45) is 5.92 Å². The van der Waals surface area contributed by atoms with Crippen LogP contribution in [-0.2, 0) is 24.0 Å². The van der Waals surface area contributed by atoms with Gasteiger partial charge in [0.25, 0.3) is 0 Å². The van der Waals surface area contributed by atoms with Gasteiger partial charge in [-0.1, -0.05) is 38.8 Å². The van der Waals surface area contributed by atoms with Crippen LogP contribution in [0.5, 0.6) is 0 Å². The van der Waals surface area contributed by atoms with Gasteiger partial charge >= 0.3 is 29.8 Å². The van der Waals surface area contributed by atoms with E-state index in [0.29, 0.717) is 6.42 Å². The largest absolute Gasteiger partial charge is 0.481 e. The molecule has 0 aromatic carbocycles. The summed E-state index contributed by atoms with van der Waals surface area (Å²) < 4.78 is 0. The number of aliphatic carboxylic acids is 5. The molecule has 1 atom stereocenters. The van der Waals surface area contributed by atoms with Crippen molar-refractivity contribution < 1.29 is 49.5 Å². The number of hydrogen-bond donors (Lipinski definition) is 5. The molecule has 0 fully saturated rings. The van der Waals surface area contributed by atoms with Gasteiger partial charge in [-0.2, -0.15) is 0 Å². The summed E-state index contributed by atoms with van der Waals surface area (Å²) in [6, 6.07) is 0. The summed E-state index contributed by atoms with van der Waals surface area (Å²) in [6.07, 6.45) is 2.50. The maximum absolute atomic E-state index is 11.7. The Morgan fingerprint density at radius 2 is 1.23 bits per heavy atom. The van der Waals surface area contributed by atoms with Crippen molar-refractivity contribution in [1.29, 1.82) is 0 Å². The Labute approximate surface area is 179 Å². The summed E-state index contributed by atoms with van der Waals surface area (Å²) in [4.78, 5) is 57.2. The number of unbranched alkanes of at least 4 members (excludes halogenated alkanes) is 1. The number of allylic oxidation sites excluding steroid dienone is 1. The highest BCUT2D eigenvalue weighted by Crippen LogP contribution is 2.28. The quantitative estimate of drug-likeness (QED) is 0.187. The van der Waals surface area contributed by atoms with Crippen LogP contribution in [0.3, 0.4) is 0 Å². The normalized spacial score (nSPS) is 13.9. The van der Waals surface area contributed by atoms with E-state index < -0.39 is 70.9 Å². The van der Waals surface area contributed by atoms with E-state index in [1.807, 2.05) is 6.92 Å². The van der Waals surface area contributed by atoms with E-state index in [1.165, 1.54) is 12.2 Å². The van der Waals surface area contributed by atoms with Gasteiger partial charge < -0.3 is 25.5 Å². The van der Waals surface area contributed by atoms with Gasteiger partial charge in [-0.3, -0.25) is 4.79 Å². The van der Waals surface area contributed by atoms with Crippen LogP contribution in [0.1, 0.15) is 58.8 Å². The lowest BCUT2D eigenvalue weighted by Gasteiger charge is -2.18. The van der Waals surface area contributed by atoms with Crippen molar-refractivity contribution >= 4 is 29.8 Å². The van der Waals surface area contributed by atoms with Crippen molar-refractivity contribution in [2.45, 2.75) is 58.8 Å². The Morgan fingerprint density at radius 1 is 0.710 bits per heavy atom. The van der Waals surface area contributed by atoms with Gasteiger partial charge in [0.2, 0.25) is 0 Å². The summed E-state index contributed by atoms with van der Waals surface area (Å²) >= 11 is 0. The van der Waals surface area contributed by atoms with Crippen molar-refractivity contribution in [3.05, 3.63) is 34.4 Å². The Balaban J connectivity index is 6.17. The van der Waals surface area contributed by atoms with E-state index in [1.54, 1.807) is 6.92 Å². The third-order valence-corrected chi connectivity index (χ3v) is 4.59. The summed E-state index contributed by atoms with van der Waals surface area (Å²) in [5, 5.41) is 46.6. The molecule has 0 aromatic rings. The summed E-state index contributed by atoms with van der Waals surface area (Å²) in [5.41, 5.74) is -1.94. The van der Waals surface area contributed by atoms with E-state index in [4.69, 9.17) is 5.11 Å². The first-order chi connectivity index (χ1) is 14.5. The van der Waals surface area contributed by atoms with Gasteiger partial charge in [0.15, 0.2) is 0 Å². The Hall–Kier alpha value is -3.43. The van der Waals surface area contributed by atoms with Crippen LogP contribution < -0.4 is 0 Å². The fourth-order valence-electron chi connectivity index (χ4n) is 2.88. The lowest BCUT2D eigenvalue weighted by Crippen LogP contribution is -2.18. The average molecular weight is 440 g/mol. The molecule has 5 N–H and O–H groups in total. The second-order valence-electron chi connectivity index (χ2n) is 6.84. The molecule has 0 aliphatic carbocycles. The predicted octanol–water partition coefficient (Wildman–Crippen LogP) is 2.95. The van der Waals surface area contributed by atoms with Gasteiger partial charge in [0, 0.05) is 17.6 Å². The van der Waals surface area contributed by atoms with Gasteiger partial charge in [0.05, 0.1) is 11.1 Å². The second kappa shape index (κ2) is 13.7. The highest BCUT2D eigenvalue weighted by Gasteiger charge is 2.27. The summed E-state index contributed by atoms with van der Waals surface area (Å²) in [5.74, 6) is -8.02. The Kier molecular flexibility index (Phi) is 12.2. The third kappa shape index (κ3) is 9.75. The number of hydrogen-bond acceptors (Lipinski definition) is 5. The molecule has 1 unspecified atom stereocenters. The molecule has 0 rings (SSSR count). The van der Waals surface area contributed by atoms with Gasteiger partial charge in [0.1, 0.15) is 0 Å². The van der Waals surface area contributed by atoms with Crippen LogP contribution in [-0.4, -0.2) is 55.4 Å².